The van der Waals surface area contributed by atoms with E-state index in [0.29, 0.717) is 33.0 Å². The minimum absolute atomic E-state index is 0.271. The van der Waals surface area contributed by atoms with Crippen molar-refractivity contribution in [1.29, 1.82) is 0 Å². The fourth-order valence-electron chi connectivity index (χ4n) is 5.12. The summed E-state index contributed by atoms with van der Waals surface area (Å²) < 4.78 is 23.4. The Morgan fingerprint density at radius 1 is 0.780 bits per heavy atom. The number of piperazine rings is 1. The zero-order valence-electron chi connectivity index (χ0n) is 23.8. The summed E-state index contributed by atoms with van der Waals surface area (Å²) in [6.45, 7) is 5.85. The molecule has 4 aromatic rings. The van der Waals surface area contributed by atoms with E-state index in [0.717, 1.165) is 43.1 Å². The number of para-hydroxylation sites is 1. The highest BCUT2D eigenvalue weighted by molar-refractivity contribution is 5.63. The highest BCUT2D eigenvalue weighted by atomic mass is 16.5. The van der Waals surface area contributed by atoms with E-state index in [2.05, 4.69) is 83.0 Å². The second-order valence-electron chi connectivity index (χ2n) is 10.2. The summed E-state index contributed by atoms with van der Waals surface area (Å²) >= 11 is 0. The van der Waals surface area contributed by atoms with Crippen molar-refractivity contribution >= 4 is 5.69 Å². The highest BCUT2D eigenvalue weighted by Gasteiger charge is 2.22. The quantitative estimate of drug-likeness (QED) is 0.184. The van der Waals surface area contributed by atoms with Crippen molar-refractivity contribution in [2.75, 3.05) is 51.5 Å². The number of methoxy groups -OCH3 is 1. The van der Waals surface area contributed by atoms with Crippen LogP contribution in [-0.2, 0) is 22.7 Å². The van der Waals surface area contributed by atoms with Gasteiger partial charge < -0.3 is 29.2 Å². The van der Waals surface area contributed by atoms with Crippen LogP contribution in [0.2, 0.25) is 0 Å². The number of hydrogen-bond acceptors (Lipinski definition) is 6. The van der Waals surface area contributed by atoms with Crippen molar-refractivity contribution in [3.8, 4) is 22.6 Å². The van der Waals surface area contributed by atoms with Crippen LogP contribution in [0.3, 0.4) is 0 Å². The number of hydrogen-bond donors (Lipinski definition) is 1. The molecule has 1 heterocycles. The summed E-state index contributed by atoms with van der Waals surface area (Å²) in [5.41, 5.74) is 5.88. The maximum absolute atomic E-state index is 6.23. The van der Waals surface area contributed by atoms with Crippen LogP contribution in [0.15, 0.2) is 103 Å². The molecule has 0 saturated carbocycles. The van der Waals surface area contributed by atoms with Gasteiger partial charge in [-0.2, -0.15) is 0 Å². The molecule has 1 aliphatic heterocycles. The molecule has 0 unspecified atom stereocenters. The summed E-state index contributed by atoms with van der Waals surface area (Å²) in [5, 5.41) is 3.52. The molecule has 6 heteroatoms. The number of nitrogens with zero attached hydrogens (tertiary/aromatic N) is 1. The lowest BCUT2D eigenvalue weighted by atomic mass is 10.0. The topological polar surface area (TPSA) is 52.2 Å². The van der Waals surface area contributed by atoms with Crippen LogP contribution in [0, 0.1) is 0 Å². The molecule has 1 atom stereocenters. The lowest BCUT2D eigenvalue weighted by molar-refractivity contribution is 0.102. The lowest BCUT2D eigenvalue weighted by Gasteiger charge is -2.38. The second kappa shape index (κ2) is 15.2. The molecule has 5 rings (SSSR count). The standard InChI is InChI=1S/C35H40N2O4/c1-38-35-14-6-5-12-31(35)26-39-21-8-22-41-34-17-15-32(16-18-34)37-20-19-36-24-33(37)27-40-25-28-9-7-13-30(23-28)29-10-3-2-4-11-29/h2-7,9-18,23,33,36H,8,19-22,24-27H2,1H3/t33-/m1/s1. The molecule has 4 aromatic carbocycles. The van der Waals surface area contributed by atoms with Crippen LogP contribution in [0.1, 0.15) is 17.5 Å². The smallest absolute Gasteiger partial charge is 0.124 e. The van der Waals surface area contributed by atoms with Crippen molar-refractivity contribution in [2.45, 2.75) is 25.7 Å². The number of nitrogens with one attached hydrogen (secondary N) is 1. The number of benzene rings is 4. The van der Waals surface area contributed by atoms with E-state index in [1.807, 2.05) is 30.3 Å². The predicted octanol–water partition coefficient (Wildman–Crippen LogP) is 6.34. The minimum Gasteiger partial charge on any atom is -0.496 e. The van der Waals surface area contributed by atoms with Crippen molar-refractivity contribution in [3.63, 3.8) is 0 Å². The molecule has 0 radical (unpaired) electrons. The van der Waals surface area contributed by atoms with Gasteiger partial charge in [-0.15, -0.1) is 0 Å². The molecule has 6 nitrogen and oxygen atoms in total. The third-order valence-corrected chi connectivity index (χ3v) is 7.28. The Balaban J connectivity index is 1.05. The first-order valence-electron chi connectivity index (χ1n) is 14.4. The molecule has 1 saturated heterocycles. The first kappa shape index (κ1) is 28.7. The van der Waals surface area contributed by atoms with Gasteiger partial charge in [-0.1, -0.05) is 66.7 Å². The second-order valence-corrected chi connectivity index (χ2v) is 10.2. The van der Waals surface area contributed by atoms with Crippen molar-refractivity contribution in [3.05, 3.63) is 114 Å². The van der Waals surface area contributed by atoms with Crippen LogP contribution >= 0.6 is 0 Å². The average molecular weight is 553 g/mol. The first-order valence-corrected chi connectivity index (χ1v) is 14.4. The Hall–Kier alpha value is -3.84. The Bertz CT molecular complexity index is 1330. The van der Waals surface area contributed by atoms with Crippen molar-refractivity contribution in [1.82, 2.24) is 5.32 Å². The van der Waals surface area contributed by atoms with E-state index in [1.54, 1.807) is 7.11 Å². The van der Waals surface area contributed by atoms with E-state index in [1.165, 1.54) is 22.4 Å². The van der Waals surface area contributed by atoms with Crippen LogP contribution < -0.4 is 19.7 Å². The molecular weight excluding hydrogens is 512 g/mol. The van der Waals surface area contributed by atoms with Gasteiger partial charge in [0, 0.05) is 37.3 Å². The summed E-state index contributed by atoms with van der Waals surface area (Å²) in [5.74, 6) is 1.73. The monoisotopic (exact) mass is 552 g/mol. The highest BCUT2D eigenvalue weighted by Crippen LogP contribution is 2.24. The maximum atomic E-state index is 6.23. The van der Waals surface area contributed by atoms with Gasteiger partial charge in [0.05, 0.1) is 46.2 Å². The molecule has 0 spiro atoms. The van der Waals surface area contributed by atoms with Gasteiger partial charge in [0.1, 0.15) is 11.5 Å². The van der Waals surface area contributed by atoms with Gasteiger partial charge in [0.15, 0.2) is 0 Å². The van der Waals surface area contributed by atoms with E-state index < -0.39 is 0 Å². The first-order chi connectivity index (χ1) is 20.3. The Morgan fingerprint density at radius 3 is 2.44 bits per heavy atom. The summed E-state index contributed by atoms with van der Waals surface area (Å²) in [6, 6.07) is 35.7. The van der Waals surface area contributed by atoms with Crippen molar-refractivity contribution in [2.24, 2.45) is 0 Å². The fourth-order valence-corrected chi connectivity index (χ4v) is 5.12. The van der Waals surface area contributed by atoms with Gasteiger partial charge in [-0.25, -0.2) is 0 Å². The fraction of sp³-hybridized carbons (Fsp3) is 0.314. The molecule has 0 bridgehead atoms. The SMILES string of the molecule is COc1ccccc1COCCCOc1ccc(N2CCNC[C@@H]2COCc2cccc(-c3ccccc3)c2)cc1. The third kappa shape index (κ3) is 8.33. The van der Waals surface area contributed by atoms with Gasteiger partial charge in [-0.05, 0) is 53.1 Å². The largest absolute Gasteiger partial charge is 0.496 e. The molecule has 0 aliphatic carbocycles. The van der Waals surface area contributed by atoms with E-state index in [4.69, 9.17) is 18.9 Å². The molecule has 1 aliphatic rings. The minimum atomic E-state index is 0.271. The molecule has 0 aromatic heterocycles. The molecule has 0 amide bonds. The van der Waals surface area contributed by atoms with Gasteiger partial charge in [-0.3, -0.25) is 0 Å². The Labute approximate surface area is 243 Å². The van der Waals surface area contributed by atoms with Crippen LogP contribution in [0.5, 0.6) is 11.5 Å². The summed E-state index contributed by atoms with van der Waals surface area (Å²) in [4.78, 5) is 2.44. The third-order valence-electron chi connectivity index (χ3n) is 7.28. The lowest BCUT2D eigenvalue weighted by Crippen LogP contribution is -2.53. The Morgan fingerprint density at radius 2 is 1.59 bits per heavy atom. The average Bonchev–Trinajstić information content (AvgIpc) is 3.04. The van der Waals surface area contributed by atoms with Gasteiger partial charge in [0.2, 0.25) is 0 Å². The molecule has 1 fully saturated rings. The van der Waals surface area contributed by atoms with Gasteiger partial charge >= 0.3 is 0 Å². The normalized spacial score (nSPS) is 15.0. The Kier molecular flexibility index (Phi) is 10.7. The summed E-state index contributed by atoms with van der Waals surface area (Å²) in [7, 11) is 1.68. The predicted molar refractivity (Wildman–Crippen MR) is 165 cm³/mol. The number of rotatable bonds is 14. The van der Waals surface area contributed by atoms with E-state index in [-0.39, 0.29) is 6.04 Å². The zero-order chi connectivity index (χ0) is 28.1. The molecule has 41 heavy (non-hydrogen) atoms. The van der Waals surface area contributed by atoms with E-state index in [9.17, 15) is 0 Å². The molecule has 214 valence electrons. The van der Waals surface area contributed by atoms with Crippen LogP contribution in [-0.4, -0.2) is 52.6 Å². The maximum Gasteiger partial charge on any atom is 0.124 e. The van der Waals surface area contributed by atoms with Gasteiger partial charge in [0.25, 0.3) is 0 Å². The number of anilines is 1. The van der Waals surface area contributed by atoms with Crippen molar-refractivity contribution < 1.29 is 18.9 Å². The zero-order valence-corrected chi connectivity index (χ0v) is 23.8. The van der Waals surface area contributed by atoms with E-state index >= 15 is 0 Å². The van der Waals surface area contributed by atoms with Crippen LogP contribution in [0.25, 0.3) is 11.1 Å². The molecular formula is C35H40N2O4. The summed E-state index contributed by atoms with van der Waals surface area (Å²) in [6.07, 6.45) is 0.822. The molecule has 1 N–H and O–H groups in total. The number of ether oxygens (including phenoxy) is 4. The van der Waals surface area contributed by atoms with Crippen LogP contribution in [0.4, 0.5) is 5.69 Å².